The lowest BCUT2D eigenvalue weighted by Gasteiger charge is -2.45. The van der Waals surface area contributed by atoms with Gasteiger partial charge in [-0.3, -0.25) is 0 Å². The Morgan fingerprint density at radius 2 is 0.473 bits per heavy atom. The highest BCUT2D eigenvalue weighted by Crippen LogP contribution is 2.53. The van der Waals surface area contributed by atoms with Crippen LogP contribution in [0.2, 0.25) is 0 Å². The summed E-state index contributed by atoms with van der Waals surface area (Å²) < 4.78 is 2.52. The minimum absolute atomic E-state index is 0.0896. The number of hydrogen-bond acceptors (Lipinski definition) is 7. The second kappa shape index (κ2) is 21.4. The quantitative estimate of drug-likeness (QED) is 0.126. The molecule has 5 heterocycles. The maximum Gasteiger partial charge on any atom is 0.252 e. The first-order chi connectivity index (χ1) is 46.2. The Hall–Kier alpha value is -11.8. The van der Waals surface area contributed by atoms with E-state index in [9.17, 15) is 0 Å². The molecule has 0 aliphatic carbocycles. The molecule has 14 aromatic carbocycles. The molecule has 6 nitrogen and oxygen atoms in total. The van der Waals surface area contributed by atoms with Gasteiger partial charge in [-0.05, 0) is 191 Å². The third kappa shape index (κ3) is 8.37. The molecule has 0 spiro atoms. The van der Waals surface area contributed by atoms with E-state index in [0.29, 0.717) is 0 Å². The van der Waals surface area contributed by atoms with E-state index in [0.717, 1.165) is 79.6 Å². The van der Waals surface area contributed by atoms with Crippen LogP contribution >= 0.6 is 11.3 Å². The zero-order valence-electron chi connectivity index (χ0n) is 50.6. The molecule has 93 heavy (non-hydrogen) atoms. The van der Waals surface area contributed by atoms with Gasteiger partial charge < -0.3 is 29.4 Å². The second-order valence-corrected chi connectivity index (χ2v) is 25.5. The van der Waals surface area contributed by atoms with Gasteiger partial charge in [-0.15, -0.1) is 11.3 Å². The van der Waals surface area contributed by atoms with E-state index in [2.05, 4.69) is 369 Å². The Kier molecular flexibility index (Phi) is 12.2. The Morgan fingerprint density at radius 3 is 0.774 bits per heavy atom. The van der Waals surface area contributed by atoms with Gasteiger partial charge in [0.25, 0.3) is 13.4 Å². The van der Waals surface area contributed by atoms with Crippen LogP contribution in [-0.4, -0.2) is 13.4 Å². The molecule has 1 aromatic heterocycles. The molecule has 0 fully saturated rings. The maximum absolute atomic E-state index is 2.57. The SMILES string of the molecule is c1ccc(N(c2ccccc2)c2cc3c4c(c2)N(c2ccccc2)c2cc5c(cc2B4c2ccccc2N3c2ccccc2)sc2cc3c(cc25)N(c2ccccc2)c2cc(N(c4ccccc4)c4ccccc4)cc4c2B3c2ccccc2N4c2ccccc2)cc1. The average molecular weight is 1200 g/mol. The molecule has 4 aliphatic rings. The van der Waals surface area contributed by atoms with E-state index < -0.39 is 0 Å². The molecule has 0 bridgehead atoms. The van der Waals surface area contributed by atoms with Crippen molar-refractivity contribution in [1.82, 2.24) is 0 Å². The van der Waals surface area contributed by atoms with Gasteiger partial charge in [-0.1, -0.05) is 182 Å². The molecule has 0 radical (unpaired) electrons. The number of anilines is 18. The van der Waals surface area contributed by atoms with Gasteiger partial charge in [-0.25, -0.2) is 0 Å². The first-order valence-corrected chi connectivity index (χ1v) is 32.8. The molecule has 0 atom stereocenters. The predicted molar refractivity (Wildman–Crippen MR) is 397 cm³/mol. The van der Waals surface area contributed by atoms with E-state index >= 15 is 0 Å². The van der Waals surface area contributed by atoms with Crippen molar-refractivity contribution in [2.24, 2.45) is 0 Å². The zero-order chi connectivity index (χ0) is 61.1. The van der Waals surface area contributed by atoms with Crippen LogP contribution in [0.4, 0.5) is 102 Å². The van der Waals surface area contributed by atoms with Gasteiger partial charge in [0.15, 0.2) is 0 Å². The summed E-state index contributed by atoms with van der Waals surface area (Å²) in [7, 11) is 0. The second-order valence-electron chi connectivity index (χ2n) is 24.4. The third-order valence-electron chi connectivity index (χ3n) is 19.3. The lowest BCUT2D eigenvalue weighted by Crippen LogP contribution is -2.61. The molecular weight excluding hydrogens is 1150 g/mol. The number of hydrogen-bond donors (Lipinski definition) is 0. The molecule has 9 heteroatoms. The van der Waals surface area contributed by atoms with Crippen molar-refractivity contribution in [3.63, 3.8) is 0 Å². The topological polar surface area (TPSA) is 19.4 Å². The van der Waals surface area contributed by atoms with Crippen molar-refractivity contribution in [3.05, 3.63) is 340 Å². The van der Waals surface area contributed by atoms with E-state index in [4.69, 9.17) is 0 Å². The van der Waals surface area contributed by atoms with Crippen molar-refractivity contribution in [2.45, 2.75) is 0 Å². The monoisotopic (exact) mass is 1200 g/mol. The molecular formula is C84H56B2N6S. The third-order valence-corrected chi connectivity index (χ3v) is 20.4. The number of fused-ring (bicyclic) bond motifs is 11. The maximum atomic E-state index is 2.57. The van der Waals surface area contributed by atoms with Crippen LogP contribution in [-0.2, 0) is 0 Å². The molecule has 4 aliphatic heterocycles. The van der Waals surface area contributed by atoms with Gasteiger partial charge in [0, 0.05) is 111 Å². The minimum atomic E-state index is -0.0896. The largest absolute Gasteiger partial charge is 0.311 e. The van der Waals surface area contributed by atoms with Crippen LogP contribution in [0.1, 0.15) is 0 Å². The fourth-order valence-corrected chi connectivity index (χ4v) is 16.7. The van der Waals surface area contributed by atoms with Gasteiger partial charge in [0.2, 0.25) is 0 Å². The summed E-state index contributed by atoms with van der Waals surface area (Å²) in [5, 5.41) is 2.46. The van der Waals surface area contributed by atoms with Crippen molar-refractivity contribution in [3.8, 4) is 0 Å². The molecule has 0 N–H and O–H groups in total. The van der Waals surface area contributed by atoms with E-state index in [-0.39, 0.29) is 13.4 Å². The standard InChI is InChI=1S/C84H56B2N6S/c1-9-29-57(30-10-1)87(58-31-11-2-12-32-58)65-49-77-83-79(51-65)91(63-41-21-7-22-42-63)75-53-67-68-54-76-72(56-82(68)93-81(67)55-71(75)85(83)69-45-25-27-47-73(69)89(77)61-37-17-5-18-38-61)86-70-46-26-28-48-74(70)90(62-39-19-6-20-40-62)78-50-66(52-80(84(78)86)92(76)64-43-23-8-24-44-64)88(59-33-13-3-14-34-59)60-35-15-4-16-36-60/h1-56H. The van der Waals surface area contributed by atoms with Crippen LogP contribution in [0.3, 0.4) is 0 Å². The minimum Gasteiger partial charge on any atom is -0.311 e. The normalized spacial score (nSPS) is 13.0. The van der Waals surface area contributed by atoms with Crippen molar-refractivity contribution >= 4 is 180 Å². The average Bonchev–Trinajstić information content (AvgIpc) is 1.46. The van der Waals surface area contributed by atoms with Gasteiger partial charge in [0.05, 0.1) is 11.4 Å². The Balaban J connectivity index is 0.888. The summed E-state index contributed by atoms with van der Waals surface area (Å²) in [4.78, 5) is 15.0. The highest BCUT2D eigenvalue weighted by molar-refractivity contribution is 7.26. The molecule has 434 valence electrons. The van der Waals surface area contributed by atoms with Gasteiger partial charge in [-0.2, -0.15) is 0 Å². The lowest BCUT2D eigenvalue weighted by molar-refractivity contribution is 1.23. The van der Waals surface area contributed by atoms with Crippen molar-refractivity contribution in [2.75, 3.05) is 29.4 Å². The molecule has 0 amide bonds. The van der Waals surface area contributed by atoms with Crippen LogP contribution in [0, 0.1) is 0 Å². The molecule has 19 rings (SSSR count). The highest BCUT2D eigenvalue weighted by Gasteiger charge is 2.47. The summed E-state index contributed by atoms with van der Waals surface area (Å²) in [6.45, 7) is -0.179. The number of benzene rings is 14. The highest BCUT2D eigenvalue weighted by atomic mass is 32.1. The Morgan fingerprint density at radius 1 is 0.215 bits per heavy atom. The van der Waals surface area contributed by atoms with E-state index in [1.165, 1.54) is 75.7 Å². The summed E-state index contributed by atoms with van der Waals surface area (Å²) in [6, 6.07) is 126. The first kappa shape index (κ1) is 53.1. The van der Waals surface area contributed by atoms with Gasteiger partial charge in [0.1, 0.15) is 0 Å². The summed E-state index contributed by atoms with van der Waals surface area (Å²) in [6.07, 6.45) is 0. The fourth-order valence-electron chi connectivity index (χ4n) is 15.5. The van der Waals surface area contributed by atoms with Crippen LogP contribution < -0.4 is 62.2 Å². The van der Waals surface area contributed by atoms with Crippen LogP contribution in [0.25, 0.3) is 20.2 Å². The number of rotatable bonds is 10. The molecule has 0 saturated heterocycles. The molecule has 0 saturated carbocycles. The molecule has 0 unspecified atom stereocenters. The predicted octanol–water partition coefficient (Wildman–Crippen LogP) is 19.2. The number of para-hydroxylation sites is 10. The van der Waals surface area contributed by atoms with Gasteiger partial charge >= 0.3 is 0 Å². The van der Waals surface area contributed by atoms with E-state index in [1.54, 1.807) is 0 Å². The van der Waals surface area contributed by atoms with Crippen LogP contribution in [0.15, 0.2) is 340 Å². The summed E-state index contributed by atoms with van der Waals surface area (Å²) in [5.41, 5.74) is 27.9. The summed E-state index contributed by atoms with van der Waals surface area (Å²) >= 11 is 1.92. The number of thiophene rings is 1. The van der Waals surface area contributed by atoms with E-state index in [1.807, 2.05) is 11.3 Å². The lowest BCUT2D eigenvalue weighted by atomic mass is 9.33. The smallest absolute Gasteiger partial charge is 0.252 e. The van der Waals surface area contributed by atoms with Crippen molar-refractivity contribution in [1.29, 1.82) is 0 Å². The summed E-state index contributed by atoms with van der Waals surface area (Å²) in [5.74, 6) is 0. The first-order valence-electron chi connectivity index (χ1n) is 32.0. The molecule has 15 aromatic rings. The number of nitrogens with zero attached hydrogens (tertiary/aromatic N) is 6. The van der Waals surface area contributed by atoms with Crippen LogP contribution in [0.5, 0.6) is 0 Å². The zero-order valence-corrected chi connectivity index (χ0v) is 51.4. The van der Waals surface area contributed by atoms with Crippen molar-refractivity contribution < 1.29 is 0 Å². The Bertz CT molecular complexity index is 4960. The fraction of sp³-hybridized carbons (Fsp3) is 0. The Labute approximate surface area is 545 Å².